The second kappa shape index (κ2) is 7.45. The molecule has 1 fully saturated rings. The van der Waals surface area contributed by atoms with Crippen LogP contribution in [-0.2, 0) is 19.6 Å². The van der Waals surface area contributed by atoms with Crippen LogP contribution in [0.15, 0.2) is 48.5 Å². The van der Waals surface area contributed by atoms with Gasteiger partial charge in [-0.1, -0.05) is 36.4 Å². The van der Waals surface area contributed by atoms with Crippen molar-refractivity contribution >= 4 is 0 Å². The lowest BCUT2D eigenvalue weighted by Gasteiger charge is -2.28. The van der Waals surface area contributed by atoms with Crippen LogP contribution < -0.4 is 5.32 Å². The summed E-state index contributed by atoms with van der Waals surface area (Å²) in [5.74, 6) is 1.96. The molecule has 0 spiro atoms. The summed E-state index contributed by atoms with van der Waals surface area (Å²) < 4.78 is 15.7. The summed E-state index contributed by atoms with van der Waals surface area (Å²) in [5.41, 5.74) is 3.20. The highest BCUT2D eigenvalue weighted by molar-refractivity contribution is 5.63. The van der Waals surface area contributed by atoms with Crippen molar-refractivity contribution < 1.29 is 4.39 Å². The Balaban J connectivity index is 1.26. The molecular formula is C22H24FN5. The monoisotopic (exact) mass is 377 g/mol. The van der Waals surface area contributed by atoms with Gasteiger partial charge in [0.2, 0.25) is 0 Å². The third-order valence-electron chi connectivity index (χ3n) is 5.75. The summed E-state index contributed by atoms with van der Waals surface area (Å²) in [5, 5.41) is 12.4. The molecule has 5 rings (SSSR count). The molecule has 5 nitrogen and oxygen atoms in total. The molecule has 1 N–H and O–H groups in total. The van der Waals surface area contributed by atoms with Crippen molar-refractivity contribution in [3.63, 3.8) is 0 Å². The molecule has 28 heavy (non-hydrogen) atoms. The predicted molar refractivity (Wildman–Crippen MR) is 106 cm³/mol. The number of benzene rings is 2. The molecule has 0 amide bonds. The van der Waals surface area contributed by atoms with Gasteiger partial charge in [-0.05, 0) is 48.2 Å². The molecule has 6 heteroatoms. The summed E-state index contributed by atoms with van der Waals surface area (Å²) in [4.78, 5) is 2.41. The smallest absolute Gasteiger partial charge is 0.150 e. The Hall–Kier alpha value is -2.57. The van der Waals surface area contributed by atoms with Gasteiger partial charge >= 0.3 is 0 Å². The fourth-order valence-corrected chi connectivity index (χ4v) is 4.26. The Bertz CT molecular complexity index is 959. The normalized spacial score (nSPS) is 19.7. The predicted octanol–water partition coefficient (Wildman–Crippen LogP) is 3.52. The van der Waals surface area contributed by atoms with Gasteiger partial charge in [0.25, 0.3) is 0 Å². The molecule has 1 aromatic heterocycles. The number of nitrogens with one attached hydrogen (secondary N) is 1. The average Bonchev–Trinajstić information content (AvgIpc) is 3.38. The van der Waals surface area contributed by atoms with E-state index in [2.05, 4.69) is 49.2 Å². The van der Waals surface area contributed by atoms with E-state index in [1.807, 2.05) is 6.07 Å². The zero-order valence-electron chi connectivity index (χ0n) is 15.8. The maximum Gasteiger partial charge on any atom is 0.150 e. The van der Waals surface area contributed by atoms with E-state index in [0.29, 0.717) is 6.04 Å². The molecule has 3 heterocycles. The first kappa shape index (κ1) is 17.5. The van der Waals surface area contributed by atoms with E-state index >= 15 is 0 Å². The van der Waals surface area contributed by atoms with Crippen LogP contribution in [-0.4, -0.2) is 32.8 Å². The van der Waals surface area contributed by atoms with E-state index < -0.39 is 0 Å². The highest BCUT2D eigenvalue weighted by Crippen LogP contribution is 2.25. The van der Waals surface area contributed by atoms with Crippen LogP contribution in [0.1, 0.15) is 36.1 Å². The van der Waals surface area contributed by atoms with Gasteiger partial charge in [-0.2, -0.15) is 0 Å². The van der Waals surface area contributed by atoms with Crippen LogP contribution in [0.2, 0.25) is 0 Å². The summed E-state index contributed by atoms with van der Waals surface area (Å²) in [6.07, 6.45) is 2.37. The average molecular weight is 377 g/mol. The van der Waals surface area contributed by atoms with Gasteiger partial charge in [0.05, 0.1) is 12.6 Å². The Kier molecular flexibility index (Phi) is 4.66. The molecule has 2 aromatic carbocycles. The van der Waals surface area contributed by atoms with Crippen LogP contribution in [0.3, 0.4) is 0 Å². The molecule has 0 unspecified atom stereocenters. The minimum Gasteiger partial charge on any atom is -0.311 e. The van der Waals surface area contributed by atoms with Gasteiger partial charge in [-0.25, -0.2) is 4.39 Å². The summed E-state index contributed by atoms with van der Waals surface area (Å²) in [7, 11) is 0. The van der Waals surface area contributed by atoms with E-state index in [1.54, 1.807) is 12.1 Å². The van der Waals surface area contributed by atoms with Gasteiger partial charge in [0, 0.05) is 19.6 Å². The first-order chi connectivity index (χ1) is 13.8. The number of aromatic nitrogens is 3. The van der Waals surface area contributed by atoms with Crippen LogP contribution in [0.25, 0.3) is 11.1 Å². The molecule has 3 aromatic rings. The molecule has 144 valence electrons. The van der Waals surface area contributed by atoms with Gasteiger partial charge < -0.3 is 9.88 Å². The molecule has 1 saturated heterocycles. The largest absolute Gasteiger partial charge is 0.311 e. The molecular weight excluding hydrogens is 353 g/mol. The zero-order valence-corrected chi connectivity index (χ0v) is 15.8. The molecule has 0 bridgehead atoms. The standard InChI is InChI=1S/C22H24FN5/c23-19-4-1-3-18(13-19)17-8-6-16(7-9-17)14-27-11-12-28-21(15-27)25-26-22(28)20-5-2-10-24-20/h1,3-4,6-9,13,20,24H,2,5,10-12,14-15H2/t20-/m1/s1. The molecule has 0 aliphatic carbocycles. The number of nitrogens with zero attached hydrogens (tertiary/aromatic N) is 4. The van der Waals surface area contributed by atoms with Crippen LogP contribution >= 0.6 is 0 Å². The van der Waals surface area contributed by atoms with Crippen molar-refractivity contribution in [2.45, 2.75) is 38.5 Å². The van der Waals surface area contributed by atoms with E-state index in [4.69, 9.17) is 0 Å². The van der Waals surface area contributed by atoms with Gasteiger partial charge in [0.15, 0.2) is 0 Å². The Morgan fingerprint density at radius 3 is 2.71 bits per heavy atom. The fourth-order valence-electron chi connectivity index (χ4n) is 4.26. The molecule has 2 aliphatic rings. The highest BCUT2D eigenvalue weighted by Gasteiger charge is 2.27. The van der Waals surface area contributed by atoms with Gasteiger partial charge in [-0.3, -0.25) is 4.90 Å². The minimum atomic E-state index is -0.203. The quantitative estimate of drug-likeness (QED) is 0.756. The van der Waals surface area contributed by atoms with Crippen molar-refractivity contribution in [3.05, 3.63) is 71.6 Å². The molecule has 0 saturated carbocycles. The zero-order chi connectivity index (χ0) is 18.9. The lowest BCUT2D eigenvalue weighted by Crippen LogP contribution is -2.34. The van der Waals surface area contributed by atoms with Crippen molar-refractivity contribution in [1.29, 1.82) is 0 Å². The number of hydrogen-bond donors (Lipinski definition) is 1. The lowest BCUT2D eigenvalue weighted by atomic mass is 10.0. The fraction of sp³-hybridized carbons (Fsp3) is 0.364. The van der Waals surface area contributed by atoms with Crippen molar-refractivity contribution in [2.24, 2.45) is 0 Å². The third kappa shape index (κ3) is 3.45. The number of hydrogen-bond acceptors (Lipinski definition) is 4. The molecule has 1 atom stereocenters. The summed E-state index contributed by atoms with van der Waals surface area (Å²) in [6.45, 7) is 4.72. The second-order valence-corrected chi connectivity index (χ2v) is 7.69. The van der Waals surface area contributed by atoms with E-state index in [0.717, 1.165) is 61.9 Å². The SMILES string of the molecule is Fc1cccc(-c2ccc(CN3CCn4c(nnc4[C@H]4CCCN4)C3)cc2)c1. The topological polar surface area (TPSA) is 46.0 Å². The van der Waals surface area contributed by atoms with E-state index in [1.165, 1.54) is 18.1 Å². The van der Waals surface area contributed by atoms with Crippen LogP contribution in [0.5, 0.6) is 0 Å². The van der Waals surface area contributed by atoms with E-state index in [9.17, 15) is 4.39 Å². The summed E-state index contributed by atoms with van der Waals surface area (Å²) >= 11 is 0. The second-order valence-electron chi connectivity index (χ2n) is 7.69. The van der Waals surface area contributed by atoms with Crippen LogP contribution in [0, 0.1) is 5.82 Å². The van der Waals surface area contributed by atoms with Gasteiger partial charge in [0.1, 0.15) is 17.5 Å². The van der Waals surface area contributed by atoms with E-state index in [-0.39, 0.29) is 5.82 Å². The molecule has 0 radical (unpaired) electrons. The third-order valence-corrected chi connectivity index (χ3v) is 5.75. The Labute approximate surface area is 164 Å². The van der Waals surface area contributed by atoms with Crippen molar-refractivity contribution in [2.75, 3.05) is 13.1 Å². The first-order valence-corrected chi connectivity index (χ1v) is 9.99. The molecule has 2 aliphatic heterocycles. The maximum absolute atomic E-state index is 13.4. The summed E-state index contributed by atoms with van der Waals surface area (Å²) in [6, 6.07) is 15.5. The first-order valence-electron chi connectivity index (χ1n) is 9.99. The Morgan fingerprint density at radius 1 is 1.04 bits per heavy atom. The van der Waals surface area contributed by atoms with Crippen LogP contribution in [0.4, 0.5) is 4.39 Å². The number of fused-ring (bicyclic) bond motifs is 1. The highest BCUT2D eigenvalue weighted by atomic mass is 19.1. The van der Waals surface area contributed by atoms with Crippen molar-refractivity contribution in [1.82, 2.24) is 25.0 Å². The Morgan fingerprint density at radius 2 is 1.93 bits per heavy atom. The lowest BCUT2D eigenvalue weighted by molar-refractivity contribution is 0.206. The minimum absolute atomic E-state index is 0.203. The van der Waals surface area contributed by atoms with Gasteiger partial charge in [-0.15, -0.1) is 10.2 Å². The number of halogens is 1. The van der Waals surface area contributed by atoms with Crippen molar-refractivity contribution in [3.8, 4) is 11.1 Å². The maximum atomic E-state index is 13.4. The number of rotatable bonds is 4.